The SMILES string of the molecule is CCOC(=O)c1cnc2c(CC)cccc2c1Nc1ccc(N(CC)CC)cc1. The number of pyridine rings is 1. The molecule has 0 aliphatic heterocycles. The molecule has 29 heavy (non-hydrogen) atoms. The van der Waals surface area contributed by atoms with E-state index in [9.17, 15) is 4.79 Å². The number of carbonyl (C=O) groups is 1. The lowest BCUT2D eigenvalue weighted by molar-refractivity contribution is 0.0527. The lowest BCUT2D eigenvalue weighted by atomic mass is 10.0. The standard InChI is InChI=1S/C24H29N3O2/c1-5-17-10-9-11-20-22(17)25-16-21(24(28)29-8-4)23(20)26-18-12-14-19(15-13-18)27(6-2)7-3/h9-16H,5-8H2,1-4H3,(H,25,26). The lowest BCUT2D eigenvalue weighted by Gasteiger charge is -2.21. The summed E-state index contributed by atoms with van der Waals surface area (Å²) < 4.78 is 5.27. The van der Waals surface area contributed by atoms with Crippen molar-refractivity contribution in [2.45, 2.75) is 34.1 Å². The molecule has 0 atom stereocenters. The Labute approximate surface area is 172 Å². The first-order valence-electron chi connectivity index (χ1n) is 10.3. The summed E-state index contributed by atoms with van der Waals surface area (Å²) in [4.78, 5) is 19.4. The number of benzene rings is 2. The third kappa shape index (κ3) is 4.34. The van der Waals surface area contributed by atoms with Crippen LogP contribution in [0.1, 0.15) is 43.6 Å². The Kier molecular flexibility index (Phi) is 6.70. The van der Waals surface area contributed by atoms with E-state index < -0.39 is 0 Å². The number of fused-ring (bicyclic) bond motifs is 1. The molecular weight excluding hydrogens is 362 g/mol. The number of carbonyl (C=O) groups excluding carboxylic acids is 1. The normalized spacial score (nSPS) is 10.8. The summed E-state index contributed by atoms with van der Waals surface area (Å²) in [5.41, 5.74) is 5.34. The van der Waals surface area contributed by atoms with Gasteiger partial charge in [0.2, 0.25) is 0 Å². The molecule has 5 heteroatoms. The molecule has 2 aromatic carbocycles. The number of ether oxygens (including phenoxy) is 1. The molecule has 3 aromatic rings. The number of anilines is 3. The van der Waals surface area contributed by atoms with E-state index in [1.807, 2.05) is 24.3 Å². The van der Waals surface area contributed by atoms with E-state index in [2.05, 4.69) is 54.2 Å². The lowest BCUT2D eigenvalue weighted by Crippen LogP contribution is -2.21. The molecule has 0 aliphatic carbocycles. The van der Waals surface area contributed by atoms with Gasteiger partial charge in [-0.05, 0) is 57.0 Å². The average Bonchev–Trinajstić information content (AvgIpc) is 2.75. The van der Waals surface area contributed by atoms with Crippen LogP contribution in [0.5, 0.6) is 0 Å². The van der Waals surface area contributed by atoms with Gasteiger partial charge in [-0.3, -0.25) is 4.98 Å². The first kappa shape index (κ1) is 20.6. The molecule has 0 saturated heterocycles. The second kappa shape index (κ2) is 9.41. The average molecular weight is 392 g/mol. The Morgan fingerprint density at radius 3 is 2.38 bits per heavy atom. The van der Waals surface area contributed by atoms with E-state index in [4.69, 9.17) is 4.74 Å². The van der Waals surface area contributed by atoms with Gasteiger partial charge in [0, 0.05) is 36.0 Å². The maximum absolute atomic E-state index is 12.6. The Morgan fingerprint density at radius 2 is 1.76 bits per heavy atom. The van der Waals surface area contributed by atoms with Gasteiger partial charge >= 0.3 is 5.97 Å². The van der Waals surface area contributed by atoms with Crippen LogP contribution < -0.4 is 10.2 Å². The molecule has 0 aliphatic rings. The predicted molar refractivity (Wildman–Crippen MR) is 120 cm³/mol. The molecule has 5 nitrogen and oxygen atoms in total. The highest BCUT2D eigenvalue weighted by atomic mass is 16.5. The van der Waals surface area contributed by atoms with Crippen molar-refractivity contribution < 1.29 is 9.53 Å². The molecule has 0 bridgehead atoms. The summed E-state index contributed by atoms with van der Waals surface area (Å²) in [7, 11) is 0. The third-order valence-corrected chi connectivity index (χ3v) is 5.12. The molecule has 1 N–H and O–H groups in total. The highest BCUT2D eigenvalue weighted by Crippen LogP contribution is 2.32. The summed E-state index contributed by atoms with van der Waals surface area (Å²) in [5, 5.41) is 4.37. The highest BCUT2D eigenvalue weighted by Gasteiger charge is 2.18. The number of nitrogens with zero attached hydrogens (tertiary/aromatic N) is 2. The quantitative estimate of drug-likeness (QED) is 0.509. The van der Waals surface area contributed by atoms with Crippen LogP contribution in [0, 0.1) is 0 Å². The Balaban J connectivity index is 2.06. The van der Waals surface area contributed by atoms with Crippen molar-refractivity contribution in [3.63, 3.8) is 0 Å². The van der Waals surface area contributed by atoms with Crippen LogP contribution in [0.15, 0.2) is 48.7 Å². The van der Waals surface area contributed by atoms with Gasteiger partial charge in [-0.15, -0.1) is 0 Å². The summed E-state index contributed by atoms with van der Waals surface area (Å²) in [6, 6.07) is 14.3. The van der Waals surface area contributed by atoms with E-state index in [1.54, 1.807) is 13.1 Å². The topological polar surface area (TPSA) is 54.5 Å². The van der Waals surface area contributed by atoms with Crippen LogP contribution in [0.2, 0.25) is 0 Å². The molecule has 0 fully saturated rings. The molecule has 0 unspecified atom stereocenters. The fraction of sp³-hybridized carbons (Fsp3) is 0.333. The largest absolute Gasteiger partial charge is 0.462 e. The fourth-order valence-electron chi connectivity index (χ4n) is 3.56. The summed E-state index contributed by atoms with van der Waals surface area (Å²) >= 11 is 0. The maximum atomic E-state index is 12.6. The van der Waals surface area contributed by atoms with Gasteiger partial charge in [0.05, 0.1) is 17.8 Å². The van der Waals surface area contributed by atoms with Crippen molar-refractivity contribution in [1.82, 2.24) is 4.98 Å². The van der Waals surface area contributed by atoms with Crippen LogP contribution in [0.25, 0.3) is 10.9 Å². The number of esters is 1. The van der Waals surface area contributed by atoms with Gasteiger partial charge in [-0.1, -0.05) is 25.1 Å². The van der Waals surface area contributed by atoms with Crippen molar-refractivity contribution in [1.29, 1.82) is 0 Å². The zero-order valence-electron chi connectivity index (χ0n) is 17.7. The monoisotopic (exact) mass is 391 g/mol. The van der Waals surface area contributed by atoms with Gasteiger partial charge in [-0.25, -0.2) is 4.79 Å². The summed E-state index contributed by atoms with van der Waals surface area (Å²) in [6.45, 7) is 10.5. The van der Waals surface area contributed by atoms with E-state index in [0.717, 1.165) is 47.4 Å². The molecule has 1 aromatic heterocycles. The Morgan fingerprint density at radius 1 is 1.03 bits per heavy atom. The number of hydrogen-bond donors (Lipinski definition) is 1. The number of nitrogens with one attached hydrogen (secondary N) is 1. The van der Waals surface area contributed by atoms with Crippen LogP contribution in [0.4, 0.5) is 17.1 Å². The second-order valence-corrected chi connectivity index (χ2v) is 6.78. The minimum absolute atomic E-state index is 0.323. The van der Waals surface area contributed by atoms with Crippen LogP contribution >= 0.6 is 0 Å². The van der Waals surface area contributed by atoms with Crippen molar-refractivity contribution in [3.8, 4) is 0 Å². The van der Waals surface area contributed by atoms with E-state index in [-0.39, 0.29) is 5.97 Å². The first-order chi connectivity index (χ1) is 14.1. The molecular formula is C24H29N3O2. The van der Waals surface area contributed by atoms with Gasteiger partial charge in [0.25, 0.3) is 0 Å². The minimum Gasteiger partial charge on any atom is -0.462 e. The van der Waals surface area contributed by atoms with Crippen molar-refractivity contribution >= 4 is 33.9 Å². The van der Waals surface area contributed by atoms with E-state index in [1.165, 1.54) is 5.69 Å². The third-order valence-electron chi connectivity index (χ3n) is 5.12. The van der Waals surface area contributed by atoms with Crippen molar-refractivity contribution in [2.24, 2.45) is 0 Å². The molecule has 0 radical (unpaired) electrons. The second-order valence-electron chi connectivity index (χ2n) is 6.78. The van der Waals surface area contributed by atoms with Crippen LogP contribution in [0.3, 0.4) is 0 Å². The van der Waals surface area contributed by atoms with Gasteiger partial charge in [-0.2, -0.15) is 0 Å². The maximum Gasteiger partial charge on any atom is 0.341 e. The first-order valence-corrected chi connectivity index (χ1v) is 10.3. The number of hydrogen-bond acceptors (Lipinski definition) is 5. The number of para-hydroxylation sites is 1. The minimum atomic E-state index is -0.369. The van der Waals surface area contributed by atoms with Gasteiger partial charge in [0.1, 0.15) is 5.56 Å². The van der Waals surface area contributed by atoms with Crippen molar-refractivity contribution in [3.05, 3.63) is 59.8 Å². The van der Waals surface area contributed by atoms with Crippen LogP contribution in [-0.4, -0.2) is 30.6 Å². The molecule has 0 amide bonds. The van der Waals surface area contributed by atoms with Crippen LogP contribution in [-0.2, 0) is 11.2 Å². The molecule has 0 saturated carbocycles. The predicted octanol–water partition coefficient (Wildman–Crippen LogP) is 5.56. The Hall–Kier alpha value is -3.08. The molecule has 0 spiro atoms. The smallest absolute Gasteiger partial charge is 0.341 e. The molecule has 152 valence electrons. The number of rotatable bonds is 8. The highest BCUT2D eigenvalue weighted by molar-refractivity contribution is 6.06. The molecule has 1 heterocycles. The van der Waals surface area contributed by atoms with E-state index in [0.29, 0.717) is 12.2 Å². The van der Waals surface area contributed by atoms with Gasteiger partial charge < -0.3 is 15.0 Å². The number of aromatic nitrogens is 1. The number of aryl methyl sites for hydroxylation is 1. The summed E-state index contributed by atoms with van der Waals surface area (Å²) in [5.74, 6) is -0.369. The van der Waals surface area contributed by atoms with E-state index >= 15 is 0 Å². The Bertz CT molecular complexity index is 979. The fourth-order valence-corrected chi connectivity index (χ4v) is 3.56. The van der Waals surface area contributed by atoms with Gasteiger partial charge in [0.15, 0.2) is 0 Å². The zero-order chi connectivity index (χ0) is 20.8. The van der Waals surface area contributed by atoms with Crippen molar-refractivity contribution in [2.75, 3.05) is 29.9 Å². The molecule has 3 rings (SSSR count). The zero-order valence-corrected chi connectivity index (χ0v) is 17.7. The summed E-state index contributed by atoms with van der Waals surface area (Å²) in [6.07, 6.45) is 2.49.